The summed E-state index contributed by atoms with van der Waals surface area (Å²) in [5.74, 6) is 0.362. The first-order valence-corrected chi connectivity index (χ1v) is 4.76. The van der Waals surface area contributed by atoms with E-state index in [0.717, 1.165) is 11.0 Å². The second-order valence-electron chi connectivity index (χ2n) is 3.26. The Morgan fingerprint density at radius 1 is 1.47 bits per heavy atom. The van der Waals surface area contributed by atoms with E-state index < -0.39 is 0 Å². The number of hydrogen-bond acceptors (Lipinski definition) is 3. The molecule has 0 aliphatic carbocycles. The molecule has 0 radical (unpaired) electrons. The first kappa shape index (κ1) is 9.92. The molecule has 78 valence electrons. The molecule has 0 spiro atoms. The van der Waals surface area contributed by atoms with Gasteiger partial charge in [-0.15, -0.1) is 0 Å². The van der Waals surface area contributed by atoms with Gasteiger partial charge in [-0.1, -0.05) is 11.6 Å². The third-order valence-corrected chi connectivity index (χ3v) is 2.03. The van der Waals surface area contributed by atoms with Crippen molar-refractivity contribution in [2.45, 2.75) is 0 Å². The van der Waals surface area contributed by atoms with Gasteiger partial charge in [-0.3, -0.25) is 0 Å². The van der Waals surface area contributed by atoms with Crippen LogP contribution in [-0.4, -0.2) is 40.3 Å². The lowest BCUT2D eigenvalue weighted by molar-refractivity contribution is 0.642. The van der Waals surface area contributed by atoms with E-state index >= 15 is 0 Å². The maximum absolute atomic E-state index is 5.95. The summed E-state index contributed by atoms with van der Waals surface area (Å²) in [5, 5.41) is 0.385. The van der Waals surface area contributed by atoms with Crippen LogP contribution in [0.2, 0.25) is 5.15 Å². The molecule has 0 atom stereocenters. The summed E-state index contributed by atoms with van der Waals surface area (Å²) in [4.78, 5) is 17.1. The van der Waals surface area contributed by atoms with Gasteiger partial charge in [-0.25, -0.2) is 9.98 Å². The molecule has 2 aromatic rings. The fourth-order valence-corrected chi connectivity index (χ4v) is 1.35. The Morgan fingerprint density at radius 3 is 3.00 bits per heavy atom. The number of rotatable bonds is 2. The van der Waals surface area contributed by atoms with Crippen LogP contribution >= 0.6 is 11.6 Å². The number of H-pyrrole nitrogens is 1. The monoisotopic (exact) mass is 223 g/mol. The molecule has 15 heavy (non-hydrogen) atoms. The minimum absolute atomic E-state index is 0.362. The van der Waals surface area contributed by atoms with Crippen LogP contribution in [0.5, 0.6) is 0 Å². The maximum Gasteiger partial charge on any atom is 0.252 e. The average Bonchev–Trinajstić information content (AvgIpc) is 2.63. The van der Waals surface area contributed by atoms with Gasteiger partial charge < -0.3 is 9.88 Å². The third kappa shape index (κ3) is 2.07. The first-order chi connectivity index (χ1) is 7.16. The molecule has 0 aromatic carbocycles. The quantitative estimate of drug-likeness (QED) is 0.480. The summed E-state index contributed by atoms with van der Waals surface area (Å²) >= 11 is 5.95. The Kier molecular flexibility index (Phi) is 2.55. The molecule has 0 bridgehead atoms. The predicted molar refractivity (Wildman–Crippen MR) is 60.7 cm³/mol. The molecular weight excluding hydrogens is 214 g/mol. The van der Waals surface area contributed by atoms with Crippen molar-refractivity contribution in [2.75, 3.05) is 14.1 Å². The zero-order valence-corrected chi connectivity index (χ0v) is 9.15. The van der Waals surface area contributed by atoms with Crippen molar-refractivity contribution in [1.29, 1.82) is 0 Å². The van der Waals surface area contributed by atoms with Crippen LogP contribution in [0.1, 0.15) is 0 Å². The molecule has 0 saturated carbocycles. The highest BCUT2D eigenvalue weighted by molar-refractivity contribution is 6.33. The highest BCUT2D eigenvalue weighted by Gasteiger charge is 2.04. The normalized spacial score (nSPS) is 11.4. The Bertz CT molecular complexity index is 502. The summed E-state index contributed by atoms with van der Waals surface area (Å²) < 4.78 is 0. The van der Waals surface area contributed by atoms with E-state index in [1.54, 1.807) is 17.4 Å². The van der Waals surface area contributed by atoms with Gasteiger partial charge in [0.15, 0.2) is 5.15 Å². The number of aromatic nitrogens is 3. The molecule has 2 rings (SSSR count). The van der Waals surface area contributed by atoms with E-state index in [1.165, 1.54) is 0 Å². The minimum atomic E-state index is 0.362. The molecule has 0 fully saturated rings. The van der Waals surface area contributed by atoms with Crippen LogP contribution in [0.3, 0.4) is 0 Å². The van der Waals surface area contributed by atoms with Crippen molar-refractivity contribution in [3.05, 3.63) is 17.4 Å². The highest BCUT2D eigenvalue weighted by atomic mass is 35.5. The van der Waals surface area contributed by atoms with Gasteiger partial charge >= 0.3 is 0 Å². The predicted octanol–water partition coefficient (Wildman–Crippen LogP) is 1.83. The topological polar surface area (TPSA) is 57.2 Å². The fourth-order valence-electron chi connectivity index (χ4n) is 1.12. The van der Waals surface area contributed by atoms with Gasteiger partial charge in [0, 0.05) is 20.3 Å². The summed E-state index contributed by atoms with van der Waals surface area (Å²) in [7, 11) is 3.75. The number of nitrogens with one attached hydrogen (secondary N) is 1. The van der Waals surface area contributed by atoms with Crippen LogP contribution in [0.4, 0.5) is 5.95 Å². The summed E-state index contributed by atoms with van der Waals surface area (Å²) in [5.41, 5.74) is 1.50. The lowest BCUT2D eigenvalue weighted by atomic mass is 10.5. The van der Waals surface area contributed by atoms with Crippen molar-refractivity contribution >= 4 is 34.9 Å². The Balaban J connectivity index is 2.45. The molecule has 0 aliphatic rings. The Labute approximate surface area is 91.8 Å². The molecule has 1 N–H and O–H groups in total. The van der Waals surface area contributed by atoms with E-state index in [4.69, 9.17) is 11.6 Å². The van der Waals surface area contributed by atoms with E-state index in [-0.39, 0.29) is 0 Å². The number of fused-ring (bicyclic) bond motifs is 1. The van der Waals surface area contributed by atoms with Crippen molar-refractivity contribution in [1.82, 2.24) is 19.9 Å². The summed E-state index contributed by atoms with van der Waals surface area (Å²) in [6, 6.07) is 1.83. The summed E-state index contributed by atoms with van der Waals surface area (Å²) in [6.45, 7) is 0. The molecular formula is C9H10ClN5. The lowest BCUT2D eigenvalue weighted by Crippen LogP contribution is -2.07. The van der Waals surface area contributed by atoms with Gasteiger partial charge in [-0.2, -0.15) is 4.98 Å². The molecule has 0 amide bonds. The zero-order valence-electron chi connectivity index (χ0n) is 8.40. The molecule has 0 unspecified atom stereocenters. The molecule has 2 heterocycles. The second-order valence-corrected chi connectivity index (χ2v) is 3.62. The number of hydrogen-bond donors (Lipinski definition) is 1. The summed E-state index contributed by atoms with van der Waals surface area (Å²) in [6.07, 6.45) is 3.40. The zero-order chi connectivity index (χ0) is 10.8. The van der Waals surface area contributed by atoms with Crippen LogP contribution < -0.4 is 0 Å². The van der Waals surface area contributed by atoms with Gasteiger partial charge in [0.2, 0.25) is 0 Å². The van der Waals surface area contributed by atoms with Crippen molar-refractivity contribution in [2.24, 2.45) is 4.99 Å². The molecule has 0 saturated heterocycles. The van der Waals surface area contributed by atoms with Gasteiger partial charge in [0.1, 0.15) is 5.52 Å². The smallest absolute Gasteiger partial charge is 0.252 e. The lowest BCUT2D eigenvalue weighted by Gasteiger charge is -2.01. The molecule has 0 aliphatic heterocycles. The third-order valence-electron chi connectivity index (χ3n) is 1.75. The fraction of sp³-hybridized carbons (Fsp3) is 0.222. The van der Waals surface area contributed by atoms with Gasteiger partial charge in [0.25, 0.3) is 5.95 Å². The van der Waals surface area contributed by atoms with E-state index in [0.29, 0.717) is 11.1 Å². The van der Waals surface area contributed by atoms with Crippen LogP contribution in [0.25, 0.3) is 11.0 Å². The standard InChI is InChI=1S/C9H10ClN5/c1-15(2)5-12-9-13-6-3-4-11-7(6)8(10)14-9/h3-5,11H,1-2H3/b12-5-. The number of halogens is 1. The maximum atomic E-state index is 5.95. The van der Waals surface area contributed by atoms with Gasteiger partial charge in [0.05, 0.1) is 11.9 Å². The van der Waals surface area contributed by atoms with Crippen molar-refractivity contribution in [3.8, 4) is 0 Å². The van der Waals surface area contributed by atoms with Crippen LogP contribution in [0, 0.1) is 0 Å². The highest BCUT2D eigenvalue weighted by Crippen LogP contribution is 2.20. The first-order valence-electron chi connectivity index (χ1n) is 4.38. The van der Waals surface area contributed by atoms with E-state index in [9.17, 15) is 0 Å². The second kappa shape index (κ2) is 3.86. The van der Waals surface area contributed by atoms with Crippen LogP contribution in [-0.2, 0) is 0 Å². The Morgan fingerprint density at radius 2 is 2.27 bits per heavy atom. The van der Waals surface area contributed by atoms with Crippen molar-refractivity contribution in [3.63, 3.8) is 0 Å². The Hall–Kier alpha value is -1.62. The minimum Gasteiger partial charge on any atom is -0.369 e. The molecule has 6 heteroatoms. The largest absolute Gasteiger partial charge is 0.369 e. The number of nitrogens with zero attached hydrogens (tertiary/aromatic N) is 4. The number of aromatic amines is 1. The van der Waals surface area contributed by atoms with Gasteiger partial charge in [-0.05, 0) is 6.07 Å². The SMILES string of the molecule is CN(C)/C=N\c1nc(Cl)c2[nH]ccc2n1. The molecule has 5 nitrogen and oxygen atoms in total. The average molecular weight is 224 g/mol. The van der Waals surface area contributed by atoms with E-state index in [1.807, 2.05) is 20.2 Å². The molecule has 2 aromatic heterocycles. The van der Waals surface area contributed by atoms with Crippen molar-refractivity contribution < 1.29 is 0 Å². The van der Waals surface area contributed by atoms with E-state index in [2.05, 4.69) is 19.9 Å². The number of aliphatic imine (C=N–C) groups is 1. The van der Waals surface area contributed by atoms with Crippen LogP contribution in [0.15, 0.2) is 17.3 Å².